The van der Waals surface area contributed by atoms with E-state index in [2.05, 4.69) is 0 Å². The van der Waals surface area contributed by atoms with Gasteiger partial charge in [0.1, 0.15) is 0 Å². The lowest BCUT2D eigenvalue weighted by atomic mass is 9.86. The Labute approximate surface area is 119 Å². The maximum atomic E-state index is 13.1. The topological polar surface area (TPSA) is 57.6 Å². The largest absolute Gasteiger partial charge is 0.481 e. The Bertz CT molecular complexity index is 585. The van der Waals surface area contributed by atoms with Crippen LogP contribution in [0.15, 0.2) is 24.3 Å². The molecule has 7 heteroatoms. The number of alkyl halides is 3. The number of carboxylic acids is 1. The maximum Gasteiger partial charge on any atom is 0.406 e. The van der Waals surface area contributed by atoms with Crippen LogP contribution in [-0.4, -0.2) is 41.1 Å². The lowest BCUT2D eigenvalue weighted by Crippen LogP contribution is -2.47. The number of amides is 1. The molecular weight excluding hydrogens is 287 g/mol. The lowest BCUT2D eigenvalue weighted by Gasteiger charge is -2.27. The number of hydrogen-bond donors (Lipinski definition) is 1. The molecule has 1 saturated heterocycles. The summed E-state index contributed by atoms with van der Waals surface area (Å²) in [4.78, 5) is 24.2. The van der Waals surface area contributed by atoms with E-state index in [0.29, 0.717) is 0 Å². The quantitative estimate of drug-likeness (QED) is 0.913. The predicted octanol–water partition coefficient (Wildman–Crippen LogP) is 2.47. The van der Waals surface area contributed by atoms with Gasteiger partial charge in [0, 0.05) is 18.7 Å². The first-order valence-corrected chi connectivity index (χ1v) is 6.33. The summed E-state index contributed by atoms with van der Waals surface area (Å²) >= 11 is 0. The molecule has 1 atom stereocenters. The lowest BCUT2D eigenvalue weighted by molar-refractivity contribution is -0.227. The summed E-state index contributed by atoms with van der Waals surface area (Å²) in [6, 6.07) is 6.46. The molecule has 4 nitrogen and oxygen atoms in total. The molecule has 21 heavy (non-hydrogen) atoms. The van der Waals surface area contributed by atoms with E-state index < -0.39 is 36.4 Å². The summed E-state index contributed by atoms with van der Waals surface area (Å²) in [5.74, 6) is -2.51. The second kappa shape index (κ2) is 5.05. The molecule has 0 spiro atoms. The molecule has 1 unspecified atom stereocenters. The molecule has 0 radical (unpaired) electrons. The molecule has 1 aromatic carbocycles. The predicted molar refractivity (Wildman–Crippen MR) is 67.8 cm³/mol. The van der Waals surface area contributed by atoms with Crippen molar-refractivity contribution in [2.75, 3.05) is 13.1 Å². The summed E-state index contributed by atoms with van der Waals surface area (Å²) in [5, 5.41) is 8.96. The fourth-order valence-corrected chi connectivity index (χ4v) is 2.47. The van der Waals surface area contributed by atoms with E-state index in [9.17, 15) is 22.8 Å². The van der Waals surface area contributed by atoms with Gasteiger partial charge in [0.25, 0.3) is 5.91 Å². The molecule has 1 N–H and O–H groups in total. The van der Waals surface area contributed by atoms with Gasteiger partial charge in [-0.3, -0.25) is 9.59 Å². The van der Waals surface area contributed by atoms with Gasteiger partial charge in [-0.25, -0.2) is 0 Å². The Morgan fingerprint density at radius 3 is 2.48 bits per heavy atom. The van der Waals surface area contributed by atoms with Gasteiger partial charge < -0.3 is 10.0 Å². The van der Waals surface area contributed by atoms with Gasteiger partial charge in [0.2, 0.25) is 0 Å². The minimum absolute atomic E-state index is 0.224. The van der Waals surface area contributed by atoms with Crippen LogP contribution in [0.5, 0.6) is 0 Å². The van der Waals surface area contributed by atoms with Crippen LogP contribution >= 0.6 is 0 Å². The third-order valence-electron chi connectivity index (χ3n) is 3.77. The molecule has 114 valence electrons. The van der Waals surface area contributed by atoms with Gasteiger partial charge in [-0.05, 0) is 25.5 Å². The van der Waals surface area contributed by atoms with Gasteiger partial charge in [-0.1, -0.05) is 17.7 Å². The van der Waals surface area contributed by atoms with Gasteiger partial charge in [0.05, 0.1) is 0 Å². The summed E-state index contributed by atoms with van der Waals surface area (Å²) in [6.45, 7) is 0.690. The van der Waals surface area contributed by atoms with Gasteiger partial charge >= 0.3 is 12.1 Å². The average molecular weight is 301 g/mol. The van der Waals surface area contributed by atoms with Crippen molar-refractivity contribution < 1.29 is 27.9 Å². The molecule has 0 bridgehead atoms. The summed E-state index contributed by atoms with van der Waals surface area (Å²) in [6.07, 6.45) is -5.51. The van der Waals surface area contributed by atoms with E-state index in [0.717, 1.165) is 10.5 Å². The smallest absolute Gasteiger partial charge is 0.406 e. The first-order valence-electron chi connectivity index (χ1n) is 6.33. The van der Waals surface area contributed by atoms with Gasteiger partial charge in [-0.2, -0.15) is 13.2 Å². The monoisotopic (exact) mass is 301 g/mol. The standard InChI is InChI=1S/C14H14F3NO3/c1-9-3-2-4-10(7-9)11(19)18-6-5-13(8-18,12(20)21)14(15,16)17/h2-4,7H,5-6,8H2,1H3,(H,20,21). The Hall–Kier alpha value is -2.05. The van der Waals surface area contributed by atoms with Crippen LogP contribution in [0.4, 0.5) is 13.2 Å². The maximum absolute atomic E-state index is 13.1. The van der Waals surface area contributed by atoms with Crippen LogP contribution in [0.2, 0.25) is 0 Å². The number of aryl methyl sites for hydroxylation is 1. The third kappa shape index (κ3) is 2.59. The minimum Gasteiger partial charge on any atom is -0.481 e. The van der Waals surface area contributed by atoms with Crippen LogP contribution in [0.3, 0.4) is 0 Å². The average Bonchev–Trinajstić information content (AvgIpc) is 2.83. The number of halogens is 3. The highest BCUT2D eigenvalue weighted by Crippen LogP contribution is 2.45. The number of carbonyl (C=O) groups is 2. The van der Waals surface area contributed by atoms with Crippen LogP contribution in [0.1, 0.15) is 22.3 Å². The Kier molecular flexibility index (Phi) is 3.69. The van der Waals surface area contributed by atoms with Crippen LogP contribution in [-0.2, 0) is 4.79 Å². The molecule has 0 aromatic heterocycles. The Balaban J connectivity index is 2.26. The van der Waals surface area contributed by atoms with Crippen LogP contribution in [0.25, 0.3) is 0 Å². The van der Waals surface area contributed by atoms with Crippen molar-refractivity contribution in [2.24, 2.45) is 5.41 Å². The zero-order valence-electron chi connectivity index (χ0n) is 11.3. The highest BCUT2D eigenvalue weighted by molar-refractivity contribution is 5.95. The highest BCUT2D eigenvalue weighted by atomic mass is 19.4. The normalized spacial score (nSPS) is 22.4. The number of benzene rings is 1. The molecule has 1 aromatic rings. The first-order chi connectivity index (χ1) is 9.67. The van der Waals surface area contributed by atoms with E-state index in [4.69, 9.17) is 5.11 Å². The van der Waals surface area contributed by atoms with Crippen molar-refractivity contribution in [2.45, 2.75) is 19.5 Å². The van der Waals surface area contributed by atoms with E-state index in [1.807, 2.05) is 0 Å². The number of hydrogen-bond acceptors (Lipinski definition) is 2. The van der Waals surface area contributed by atoms with Crippen molar-refractivity contribution in [3.8, 4) is 0 Å². The van der Waals surface area contributed by atoms with Crippen molar-refractivity contribution in [3.63, 3.8) is 0 Å². The highest BCUT2D eigenvalue weighted by Gasteiger charge is 2.64. The fraction of sp³-hybridized carbons (Fsp3) is 0.429. The zero-order chi connectivity index (χ0) is 15.8. The summed E-state index contributed by atoms with van der Waals surface area (Å²) in [5.41, 5.74) is -1.80. The number of carbonyl (C=O) groups excluding carboxylic acids is 1. The van der Waals surface area contributed by atoms with Gasteiger partial charge in [-0.15, -0.1) is 0 Å². The minimum atomic E-state index is -4.89. The first kappa shape index (κ1) is 15.3. The summed E-state index contributed by atoms with van der Waals surface area (Å²) in [7, 11) is 0. The Morgan fingerprint density at radius 2 is 2.00 bits per heavy atom. The number of aliphatic carboxylic acids is 1. The molecule has 2 rings (SSSR count). The van der Waals surface area contributed by atoms with E-state index in [1.165, 1.54) is 6.07 Å². The number of nitrogens with zero attached hydrogens (tertiary/aromatic N) is 1. The van der Waals surface area contributed by atoms with Crippen LogP contribution in [0, 0.1) is 12.3 Å². The molecular formula is C14H14F3NO3. The van der Waals surface area contributed by atoms with Gasteiger partial charge in [0.15, 0.2) is 5.41 Å². The molecule has 1 aliphatic rings. The molecule has 1 heterocycles. The molecule has 0 aliphatic carbocycles. The van der Waals surface area contributed by atoms with Crippen molar-refractivity contribution in [1.82, 2.24) is 4.90 Å². The fourth-order valence-electron chi connectivity index (χ4n) is 2.47. The molecule has 1 amide bonds. The number of carboxylic acid groups (broad SMARTS) is 1. The second-order valence-corrected chi connectivity index (χ2v) is 5.23. The van der Waals surface area contributed by atoms with E-state index in [-0.39, 0.29) is 12.1 Å². The number of rotatable bonds is 2. The molecule has 0 saturated carbocycles. The molecule has 1 aliphatic heterocycles. The zero-order valence-corrected chi connectivity index (χ0v) is 11.3. The van der Waals surface area contributed by atoms with Crippen molar-refractivity contribution >= 4 is 11.9 Å². The van der Waals surface area contributed by atoms with E-state index >= 15 is 0 Å². The molecule has 1 fully saturated rings. The van der Waals surface area contributed by atoms with E-state index in [1.54, 1.807) is 25.1 Å². The SMILES string of the molecule is Cc1cccc(C(=O)N2CCC(C(=O)O)(C(F)(F)F)C2)c1. The van der Waals surface area contributed by atoms with Crippen LogP contribution < -0.4 is 0 Å². The Morgan fingerprint density at radius 1 is 1.33 bits per heavy atom. The number of likely N-dealkylation sites (tertiary alicyclic amines) is 1. The van der Waals surface area contributed by atoms with Crippen molar-refractivity contribution in [1.29, 1.82) is 0 Å². The van der Waals surface area contributed by atoms with Crippen molar-refractivity contribution in [3.05, 3.63) is 35.4 Å². The summed E-state index contributed by atoms with van der Waals surface area (Å²) < 4.78 is 39.2. The third-order valence-corrected chi connectivity index (χ3v) is 3.77. The second-order valence-electron chi connectivity index (χ2n) is 5.23.